The van der Waals surface area contributed by atoms with Gasteiger partial charge in [-0.1, -0.05) is 20.3 Å². The number of aryl methyl sites for hydroxylation is 1. The van der Waals surface area contributed by atoms with Gasteiger partial charge in [-0.25, -0.2) is 8.78 Å². The molecule has 3 nitrogen and oxygen atoms in total. The van der Waals surface area contributed by atoms with Crippen molar-refractivity contribution in [3.05, 3.63) is 35.2 Å². The highest BCUT2D eigenvalue weighted by atomic mass is 19.3. The molecule has 136 valence electrons. The van der Waals surface area contributed by atoms with Gasteiger partial charge in [-0.2, -0.15) is 5.10 Å². The van der Waals surface area contributed by atoms with Gasteiger partial charge in [0.15, 0.2) is 0 Å². The van der Waals surface area contributed by atoms with Crippen LogP contribution in [0.5, 0.6) is 0 Å². The summed E-state index contributed by atoms with van der Waals surface area (Å²) in [5, 5.41) is 4.23. The third-order valence-electron chi connectivity index (χ3n) is 5.48. The summed E-state index contributed by atoms with van der Waals surface area (Å²) in [4.78, 5) is 2.34. The molecule has 2 aromatic rings. The van der Waals surface area contributed by atoms with E-state index in [0.29, 0.717) is 11.6 Å². The van der Waals surface area contributed by atoms with Gasteiger partial charge in [-0.15, -0.1) is 0 Å². The first kappa shape index (κ1) is 17.9. The number of anilines is 1. The summed E-state index contributed by atoms with van der Waals surface area (Å²) in [7, 11) is 1.84. The van der Waals surface area contributed by atoms with Crippen LogP contribution in [0.1, 0.15) is 56.4 Å². The van der Waals surface area contributed by atoms with Crippen molar-refractivity contribution in [2.45, 2.75) is 58.9 Å². The molecule has 1 aliphatic rings. The largest absolute Gasteiger partial charge is 0.368 e. The van der Waals surface area contributed by atoms with Crippen molar-refractivity contribution in [1.82, 2.24) is 9.78 Å². The Hall–Kier alpha value is -1.91. The molecule has 1 unspecified atom stereocenters. The number of hydrogen-bond donors (Lipinski definition) is 0. The summed E-state index contributed by atoms with van der Waals surface area (Å²) in [5.41, 5.74) is 4.64. The van der Waals surface area contributed by atoms with Gasteiger partial charge in [-0.05, 0) is 49.4 Å². The first-order valence-electron chi connectivity index (χ1n) is 9.18. The van der Waals surface area contributed by atoms with E-state index < -0.39 is 6.43 Å². The van der Waals surface area contributed by atoms with Gasteiger partial charge >= 0.3 is 0 Å². The van der Waals surface area contributed by atoms with Crippen molar-refractivity contribution in [1.29, 1.82) is 0 Å². The van der Waals surface area contributed by atoms with Gasteiger partial charge in [0.25, 0.3) is 6.43 Å². The minimum Gasteiger partial charge on any atom is -0.368 e. The maximum absolute atomic E-state index is 13.8. The number of alkyl halides is 2. The Morgan fingerprint density at radius 2 is 1.96 bits per heavy atom. The normalized spacial score (nSPS) is 15.1. The van der Waals surface area contributed by atoms with Crippen molar-refractivity contribution < 1.29 is 8.78 Å². The second-order valence-corrected chi connectivity index (χ2v) is 6.93. The number of aromatic nitrogens is 2. The molecule has 0 saturated carbocycles. The second-order valence-electron chi connectivity index (χ2n) is 6.93. The molecule has 0 spiro atoms. The Bertz CT molecular complexity index is 752. The molecule has 1 aromatic carbocycles. The van der Waals surface area contributed by atoms with E-state index in [1.807, 2.05) is 20.0 Å². The summed E-state index contributed by atoms with van der Waals surface area (Å²) < 4.78 is 29.4. The first-order valence-corrected chi connectivity index (χ1v) is 9.18. The molecule has 0 amide bonds. The Morgan fingerprint density at radius 1 is 1.20 bits per heavy atom. The zero-order valence-corrected chi connectivity index (χ0v) is 15.5. The highest BCUT2D eigenvalue weighted by molar-refractivity contribution is 5.75. The maximum atomic E-state index is 13.8. The molecule has 1 atom stereocenters. The smallest absolute Gasteiger partial charge is 0.264 e. The standard InChI is InChI=1S/C20H27F2N3/c1-5-7-15(6-2)25-9-8-14-10-16(17(20(21)22)11-19(14)25)18-12-23-24(4)13(18)3/h10-12,15,20H,5-9H2,1-4H3. The molecule has 0 fully saturated rings. The lowest BCUT2D eigenvalue weighted by Crippen LogP contribution is -2.33. The molecule has 5 heteroatoms. The molecule has 0 aliphatic carbocycles. The van der Waals surface area contributed by atoms with Gasteiger partial charge in [0.05, 0.1) is 6.20 Å². The minimum absolute atomic E-state index is 0.119. The average molecular weight is 347 g/mol. The summed E-state index contributed by atoms with van der Waals surface area (Å²) >= 11 is 0. The van der Waals surface area contributed by atoms with Gasteiger partial charge < -0.3 is 4.90 Å². The molecule has 0 bridgehead atoms. The minimum atomic E-state index is -2.49. The molecule has 1 aromatic heterocycles. The van der Waals surface area contributed by atoms with Crippen LogP contribution in [0.4, 0.5) is 14.5 Å². The average Bonchev–Trinajstić information content (AvgIpc) is 3.15. The Morgan fingerprint density at radius 3 is 2.52 bits per heavy atom. The van der Waals surface area contributed by atoms with E-state index >= 15 is 0 Å². The number of nitrogens with zero attached hydrogens (tertiary/aromatic N) is 3. The van der Waals surface area contributed by atoms with Crippen LogP contribution in [-0.2, 0) is 13.5 Å². The predicted molar refractivity (Wildman–Crippen MR) is 98.4 cm³/mol. The molecule has 1 aliphatic heterocycles. The van der Waals surface area contributed by atoms with Crippen molar-refractivity contribution in [3.8, 4) is 11.1 Å². The fraction of sp³-hybridized carbons (Fsp3) is 0.550. The van der Waals surface area contributed by atoms with Crippen LogP contribution in [0.25, 0.3) is 11.1 Å². The highest BCUT2D eigenvalue weighted by Gasteiger charge is 2.28. The predicted octanol–water partition coefficient (Wildman–Crippen LogP) is 5.27. The van der Waals surface area contributed by atoms with E-state index in [9.17, 15) is 8.78 Å². The van der Waals surface area contributed by atoms with E-state index in [4.69, 9.17) is 0 Å². The highest BCUT2D eigenvalue weighted by Crippen LogP contribution is 2.41. The van der Waals surface area contributed by atoms with Crippen LogP contribution in [0, 0.1) is 6.92 Å². The number of hydrogen-bond acceptors (Lipinski definition) is 2. The lowest BCUT2D eigenvalue weighted by atomic mass is 9.96. The Balaban J connectivity index is 2.09. The lowest BCUT2D eigenvalue weighted by Gasteiger charge is -2.30. The molecular weight excluding hydrogens is 320 g/mol. The molecule has 3 rings (SSSR count). The Kier molecular flexibility index (Phi) is 5.11. The van der Waals surface area contributed by atoms with E-state index in [0.717, 1.165) is 49.2 Å². The van der Waals surface area contributed by atoms with Crippen LogP contribution in [0.3, 0.4) is 0 Å². The summed E-state index contributed by atoms with van der Waals surface area (Å²) in [5.74, 6) is 0. The molecule has 25 heavy (non-hydrogen) atoms. The zero-order valence-electron chi connectivity index (χ0n) is 15.5. The fourth-order valence-corrected chi connectivity index (χ4v) is 3.95. The van der Waals surface area contributed by atoms with Crippen LogP contribution < -0.4 is 4.90 Å². The number of fused-ring (bicyclic) bond motifs is 1. The van der Waals surface area contributed by atoms with E-state index in [2.05, 4.69) is 23.8 Å². The number of benzene rings is 1. The van der Waals surface area contributed by atoms with Crippen LogP contribution in [0.15, 0.2) is 18.3 Å². The fourth-order valence-electron chi connectivity index (χ4n) is 3.95. The Labute approximate surface area is 148 Å². The van der Waals surface area contributed by atoms with Crippen LogP contribution >= 0.6 is 0 Å². The van der Waals surface area contributed by atoms with Crippen molar-refractivity contribution in [2.75, 3.05) is 11.4 Å². The lowest BCUT2D eigenvalue weighted by molar-refractivity contribution is 0.152. The quantitative estimate of drug-likeness (QED) is 0.709. The molecule has 0 N–H and O–H groups in total. The molecule has 0 radical (unpaired) electrons. The van der Waals surface area contributed by atoms with Gasteiger partial charge in [0.1, 0.15) is 0 Å². The van der Waals surface area contributed by atoms with Crippen LogP contribution in [-0.4, -0.2) is 22.4 Å². The molecule has 0 saturated heterocycles. The van der Waals surface area contributed by atoms with Crippen molar-refractivity contribution >= 4 is 5.69 Å². The monoisotopic (exact) mass is 347 g/mol. The van der Waals surface area contributed by atoms with Crippen LogP contribution in [0.2, 0.25) is 0 Å². The third-order valence-corrected chi connectivity index (χ3v) is 5.48. The van der Waals surface area contributed by atoms with E-state index in [1.54, 1.807) is 16.9 Å². The summed E-state index contributed by atoms with van der Waals surface area (Å²) in [6.45, 7) is 7.20. The van der Waals surface area contributed by atoms with Gasteiger partial charge in [0.2, 0.25) is 0 Å². The number of rotatable bonds is 6. The summed E-state index contributed by atoms with van der Waals surface area (Å²) in [6, 6.07) is 4.13. The summed E-state index contributed by atoms with van der Waals surface area (Å²) in [6.07, 6.45) is 3.38. The molecule has 2 heterocycles. The second kappa shape index (κ2) is 7.14. The van der Waals surface area contributed by atoms with E-state index in [-0.39, 0.29) is 5.56 Å². The first-order chi connectivity index (χ1) is 12.0. The van der Waals surface area contributed by atoms with Gasteiger partial charge in [-0.3, -0.25) is 4.68 Å². The SMILES string of the molecule is CCCC(CC)N1CCc2cc(-c3cnn(C)c3C)c(C(F)F)cc21. The number of halogens is 2. The van der Waals surface area contributed by atoms with Crippen molar-refractivity contribution in [2.24, 2.45) is 7.05 Å². The van der Waals surface area contributed by atoms with E-state index in [1.165, 1.54) is 5.56 Å². The maximum Gasteiger partial charge on any atom is 0.264 e. The third kappa shape index (κ3) is 3.16. The molecular formula is C20H27F2N3. The van der Waals surface area contributed by atoms with Gasteiger partial charge in [0, 0.05) is 42.1 Å². The van der Waals surface area contributed by atoms with Crippen molar-refractivity contribution in [3.63, 3.8) is 0 Å². The topological polar surface area (TPSA) is 21.1 Å². The zero-order chi connectivity index (χ0) is 18.1.